The zero-order valence-corrected chi connectivity index (χ0v) is 14.9. The van der Waals surface area contributed by atoms with Gasteiger partial charge in [0.2, 0.25) is 0 Å². The van der Waals surface area contributed by atoms with Crippen LogP contribution >= 0.6 is 0 Å². The van der Waals surface area contributed by atoms with E-state index in [0.717, 1.165) is 32.7 Å². The molecule has 0 aromatic rings. The summed E-state index contributed by atoms with van der Waals surface area (Å²) >= 11 is 0. The van der Waals surface area contributed by atoms with E-state index in [9.17, 15) is 9.59 Å². The number of ketones is 1. The van der Waals surface area contributed by atoms with Gasteiger partial charge in [0.05, 0.1) is 19.7 Å². The van der Waals surface area contributed by atoms with Crippen LogP contribution in [0.2, 0.25) is 0 Å². The molecule has 0 fully saturated rings. The Morgan fingerprint density at radius 3 is 2.05 bits per heavy atom. The van der Waals surface area contributed by atoms with Crippen LogP contribution in [0, 0.1) is 0 Å². The molecule has 0 aromatic heterocycles. The topological polar surface area (TPSA) is 53.1 Å². The van der Waals surface area contributed by atoms with Crippen molar-refractivity contribution in [2.75, 3.05) is 66.5 Å². The van der Waals surface area contributed by atoms with Gasteiger partial charge in [0.15, 0.2) is 0 Å². The molecular weight excluding hydrogens is 282 g/mol. The fraction of sp³-hybridized carbons (Fsp3) is 0.875. The van der Waals surface area contributed by atoms with E-state index in [-0.39, 0.29) is 24.9 Å². The monoisotopic (exact) mass is 315 g/mol. The van der Waals surface area contributed by atoms with Gasteiger partial charge in [-0.15, -0.1) is 0 Å². The normalized spacial score (nSPS) is 11.5. The summed E-state index contributed by atoms with van der Waals surface area (Å²) in [6, 6.07) is 0. The number of ether oxygens (including phenoxy) is 1. The number of carbonyl (C=O) groups is 2. The Labute approximate surface area is 135 Å². The molecule has 6 heteroatoms. The van der Waals surface area contributed by atoms with Crippen molar-refractivity contribution in [3.8, 4) is 0 Å². The zero-order chi connectivity index (χ0) is 17.0. The van der Waals surface area contributed by atoms with Crippen molar-refractivity contribution >= 4 is 11.8 Å². The summed E-state index contributed by atoms with van der Waals surface area (Å²) in [5.74, 6) is -0.161. The molecule has 0 aliphatic rings. The van der Waals surface area contributed by atoms with E-state index in [4.69, 9.17) is 4.74 Å². The number of likely N-dealkylation sites (N-methyl/N-ethyl adjacent to an activating group) is 3. The Kier molecular flexibility index (Phi) is 12.0. The van der Waals surface area contributed by atoms with Crippen molar-refractivity contribution in [3.05, 3.63) is 0 Å². The number of rotatable bonds is 13. The van der Waals surface area contributed by atoms with Crippen molar-refractivity contribution in [2.45, 2.75) is 27.2 Å². The van der Waals surface area contributed by atoms with Crippen molar-refractivity contribution in [1.29, 1.82) is 0 Å². The molecule has 0 atom stereocenters. The van der Waals surface area contributed by atoms with E-state index < -0.39 is 0 Å². The molecule has 130 valence electrons. The summed E-state index contributed by atoms with van der Waals surface area (Å²) in [4.78, 5) is 29.5. The van der Waals surface area contributed by atoms with Crippen molar-refractivity contribution in [1.82, 2.24) is 14.7 Å². The lowest BCUT2D eigenvalue weighted by atomic mass is 10.3. The third kappa shape index (κ3) is 10.7. The fourth-order valence-corrected chi connectivity index (χ4v) is 1.97. The Hall–Kier alpha value is -0.980. The summed E-state index contributed by atoms with van der Waals surface area (Å²) < 4.78 is 5.12. The third-order valence-electron chi connectivity index (χ3n) is 3.72. The average Bonchev–Trinajstić information content (AvgIpc) is 2.47. The van der Waals surface area contributed by atoms with Crippen molar-refractivity contribution in [3.63, 3.8) is 0 Å². The van der Waals surface area contributed by atoms with Gasteiger partial charge in [-0.2, -0.15) is 0 Å². The van der Waals surface area contributed by atoms with Crippen LogP contribution in [0.4, 0.5) is 0 Å². The molecular formula is C16H33N3O3. The largest absolute Gasteiger partial charge is 0.464 e. The third-order valence-corrected chi connectivity index (χ3v) is 3.72. The van der Waals surface area contributed by atoms with Gasteiger partial charge in [-0.1, -0.05) is 20.8 Å². The van der Waals surface area contributed by atoms with Crippen LogP contribution in [-0.4, -0.2) is 93.0 Å². The number of esters is 1. The van der Waals surface area contributed by atoms with E-state index in [1.807, 2.05) is 30.8 Å². The van der Waals surface area contributed by atoms with Crippen LogP contribution in [0.25, 0.3) is 0 Å². The van der Waals surface area contributed by atoms with Gasteiger partial charge in [0.1, 0.15) is 5.78 Å². The molecule has 0 saturated heterocycles. The van der Waals surface area contributed by atoms with Crippen LogP contribution in [0.3, 0.4) is 0 Å². The van der Waals surface area contributed by atoms with Gasteiger partial charge >= 0.3 is 5.97 Å². The SMILES string of the molecule is CCN(C)CC(=O)CCOC(=O)CN(C)CCN(CC)CC. The minimum Gasteiger partial charge on any atom is -0.464 e. The molecule has 0 amide bonds. The predicted molar refractivity (Wildman–Crippen MR) is 89.0 cm³/mol. The van der Waals surface area contributed by atoms with Crippen LogP contribution in [0.15, 0.2) is 0 Å². The first kappa shape index (κ1) is 21.0. The summed E-state index contributed by atoms with van der Waals surface area (Å²) in [5, 5.41) is 0. The van der Waals surface area contributed by atoms with Gasteiger partial charge in [0.25, 0.3) is 0 Å². The smallest absolute Gasteiger partial charge is 0.320 e. The molecule has 0 aliphatic heterocycles. The first-order valence-electron chi connectivity index (χ1n) is 8.19. The second kappa shape index (κ2) is 12.6. The fourth-order valence-electron chi connectivity index (χ4n) is 1.97. The van der Waals surface area contributed by atoms with E-state index in [1.54, 1.807) is 0 Å². The molecule has 0 N–H and O–H groups in total. The van der Waals surface area contributed by atoms with E-state index in [0.29, 0.717) is 13.0 Å². The highest BCUT2D eigenvalue weighted by atomic mass is 16.5. The molecule has 22 heavy (non-hydrogen) atoms. The highest BCUT2D eigenvalue weighted by Gasteiger charge is 2.11. The maximum Gasteiger partial charge on any atom is 0.320 e. The highest BCUT2D eigenvalue weighted by Crippen LogP contribution is 1.93. The van der Waals surface area contributed by atoms with Gasteiger partial charge < -0.3 is 9.64 Å². The van der Waals surface area contributed by atoms with E-state index in [1.165, 1.54) is 0 Å². The standard InChI is InChI=1S/C16H33N3O3/c1-6-17(4)13-15(20)9-12-22-16(21)14-18(5)10-11-19(7-2)8-3/h6-14H2,1-5H3. The van der Waals surface area contributed by atoms with Crippen LogP contribution < -0.4 is 0 Å². The lowest BCUT2D eigenvalue weighted by Gasteiger charge is -2.22. The molecule has 0 radical (unpaired) electrons. The van der Waals surface area contributed by atoms with Crippen LogP contribution in [-0.2, 0) is 14.3 Å². The molecule has 0 aliphatic carbocycles. The van der Waals surface area contributed by atoms with Gasteiger partial charge in [-0.05, 0) is 33.7 Å². The zero-order valence-electron chi connectivity index (χ0n) is 14.9. The summed E-state index contributed by atoms with van der Waals surface area (Å²) in [6.07, 6.45) is 0.291. The Morgan fingerprint density at radius 2 is 1.50 bits per heavy atom. The number of Topliss-reactive ketones (excluding diaryl/α,β-unsaturated/α-hetero) is 1. The highest BCUT2D eigenvalue weighted by molar-refractivity contribution is 5.81. The summed E-state index contributed by atoms with van der Waals surface area (Å²) in [7, 11) is 3.81. The second-order valence-corrected chi connectivity index (χ2v) is 5.60. The molecule has 0 spiro atoms. The van der Waals surface area contributed by atoms with Gasteiger partial charge in [0, 0.05) is 19.5 Å². The summed E-state index contributed by atoms with van der Waals surface area (Å²) in [5.41, 5.74) is 0. The lowest BCUT2D eigenvalue weighted by Crippen LogP contribution is -2.36. The van der Waals surface area contributed by atoms with E-state index in [2.05, 4.69) is 18.7 Å². The average molecular weight is 315 g/mol. The maximum absolute atomic E-state index is 11.7. The van der Waals surface area contributed by atoms with E-state index >= 15 is 0 Å². The molecule has 0 rings (SSSR count). The number of nitrogens with zero attached hydrogens (tertiary/aromatic N) is 3. The Bertz CT molecular complexity index is 320. The molecule has 0 bridgehead atoms. The molecule has 0 heterocycles. The summed E-state index contributed by atoms with van der Waals surface area (Å²) in [6.45, 7) is 11.8. The minimum atomic E-state index is -0.265. The first-order chi connectivity index (χ1) is 10.4. The van der Waals surface area contributed by atoms with Gasteiger partial charge in [-0.25, -0.2) is 0 Å². The molecule has 0 unspecified atom stereocenters. The number of carbonyl (C=O) groups excluding carboxylic acids is 2. The molecule has 0 saturated carbocycles. The van der Waals surface area contributed by atoms with Crippen molar-refractivity contribution < 1.29 is 14.3 Å². The Balaban J connectivity index is 3.78. The van der Waals surface area contributed by atoms with Crippen LogP contribution in [0.5, 0.6) is 0 Å². The minimum absolute atomic E-state index is 0.104. The number of hydrogen-bond donors (Lipinski definition) is 0. The predicted octanol–water partition coefficient (Wildman–Crippen LogP) is 0.714. The molecule has 6 nitrogen and oxygen atoms in total. The van der Waals surface area contributed by atoms with Crippen molar-refractivity contribution in [2.24, 2.45) is 0 Å². The Morgan fingerprint density at radius 1 is 0.864 bits per heavy atom. The quantitative estimate of drug-likeness (QED) is 0.467. The number of hydrogen-bond acceptors (Lipinski definition) is 6. The van der Waals surface area contributed by atoms with Crippen LogP contribution in [0.1, 0.15) is 27.2 Å². The first-order valence-corrected chi connectivity index (χ1v) is 8.19. The maximum atomic E-state index is 11.7. The molecule has 0 aromatic carbocycles. The van der Waals surface area contributed by atoms with Gasteiger partial charge in [-0.3, -0.25) is 19.4 Å². The second-order valence-electron chi connectivity index (χ2n) is 5.60. The lowest BCUT2D eigenvalue weighted by molar-refractivity contribution is -0.145.